The van der Waals surface area contributed by atoms with E-state index in [1.807, 2.05) is 24.3 Å². The zero-order valence-corrected chi connectivity index (χ0v) is 13.2. The van der Waals surface area contributed by atoms with E-state index in [0.717, 1.165) is 24.1 Å². The van der Waals surface area contributed by atoms with Crippen molar-refractivity contribution in [3.63, 3.8) is 0 Å². The fourth-order valence-electron chi connectivity index (χ4n) is 2.72. The number of nitrogens with one attached hydrogen (secondary N) is 1. The van der Waals surface area contributed by atoms with Crippen molar-refractivity contribution in [1.82, 2.24) is 14.5 Å². The van der Waals surface area contributed by atoms with E-state index < -0.39 is 0 Å². The minimum atomic E-state index is 0.404. The number of para-hydroxylation sites is 3. The van der Waals surface area contributed by atoms with E-state index in [4.69, 9.17) is 11.6 Å². The van der Waals surface area contributed by atoms with Crippen LogP contribution >= 0.6 is 11.6 Å². The normalized spacial score (nSPS) is 11.2. The first-order valence-electron chi connectivity index (χ1n) is 7.51. The molecule has 0 bridgehead atoms. The van der Waals surface area contributed by atoms with E-state index >= 15 is 0 Å². The molecule has 2 aromatic heterocycles. The van der Waals surface area contributed by atoms with Crippen molar-refractivity contribution in [2.24, 2.45) is 0 Å². The van der Waals surface area contributed by atoms with Crippen LogP contribution in [0.15, 0.2) is 60.8 Å². The Balaban J connectivity index is 1.52. The molecular weight excluding hydrogens is 308 g/mol. The van der Waals surface area contributed by atoms with Gasteiger partial charge in [0.05, 0.1) is 11.0 Å². The van der Waals surface area contributed by atoms with Gasteiger partial charge in [-0.15, -0.1) is 0 Å². The number of hydrogen-bond acceptors (Lipinski definition) is 3. The molecule has 2 heterocycles. The predicted molar refractivity (Wildman–Crippen MR) is 95.0 cm³/mol. The SMILES string of the molecule is Clc1nc2ccccc2nc1NCCn1ccc2ccccc21. The molecule has 2 aromatic carbocycles. The number of fused-ring (bicyclic) bond motifs is 2. The highest BCUT2D eigenvalue weighted by Crippen LogP contribution is 2.21. The van der Waals surface area contributed by atoms with Crippen molar-refractivity contribution in [3.8, 4) is 0 Å². The number of aromatic nitrogens is 3. The van der Waals surface area contributed by atoms with E-state index in [1.165, 1.54) is 10.9 Å². The average Bonchev–Trinajstić information content (AvgIpc) is 2.99. The molecule has 0 aliphatic heterocycles. The highest BCUT2D eigenvalue weighted by atomic mass is 35.5. The van der Waals surface area contributed by atoms with Crippen molar-refractivity contribution in [2.75, 3.05) is 11.9 Å². The van der Waals surface area contributed by atoms with Crippen molar-refractivity contribution in [2.45, 2.75) is 6.54 Å². The first kappa shape index (κ1) is 14.0. The van der Waals surface area contributed by atoms with Gasteiger partial charge in [0.2, 0.25) is 0 Å². The van der Waals surface area contributed by atoms with Gasteiger partial charge in [0.1, 0.15) is 0 Å². The third kappa shape index (κ3) is 2.73. The second kappa shape index (κ2) is 5.89. The van der Waals surface area contributed by atoms with Crippen LogP contribution in [0.2, 0.25) is 5.15 Å². The summed E-state index contributed by atoms with van der Waals surface area (Å²) >= 11 is 6.22. The van der Waals surface area contributed by atoms with E-state index in [9.17, 15) is 0 Å². The molecule has 5 heteroatoms. The van der Waals surface area contributed by atoms with Crippen LogP contribution < -0.4 is 5.32 Å². The summed E-state index contributed by atoms with van der Waals surface area (Å²) in [7, 11) is 0. The lowest BCUT2D eigenvalue weighted by atomic mass is 10.2. The van der Waals surface area contributed by atoms with Crippen LogP contribution in [-0.4, -0.2) is 21.1 Å². The zero-order valence-electron chi connectivity index (χ0n) is 12.4. The molecule has 4 nitrogen and oxygen atoms in total. The first-order chi connectivity index (χ1) is 11.3. The van der Waals surface area contributed by atoms with Gasteiger partial charge in [-0.2, -0.15) is 0 Å². The Hall–Kier alpha value is -2.59. The molecule has 1 N–H and O–H groups in total. The van der Waals surface area contributed by atoms with Crippen LogP contribution in [0.25, 0.3) is 21.9 Å². The smallest absolute Gasteiger partial charge is 0.172 e. The molecule has 0 spiro atoms. The first-order valence-corrected chi connectivity index (χ1v) is 7.89. The minimum absolute atomic E-state index is 0.404. The summed E-state index contributed by atoms with van der Waals surface area (Å²) in [5, 5.41) is 4.93. The van der Waals surface area contributed by atoms with Crippen LogP contribution in [0.4, 0.5) is 5.82 Å². The molecular formula is C18H15ClN4. The Bertz CT molecular complexity index is 977. The van der Waals surface area contributed by atoms with E-state index in [-0.39, 0.29) is 0 Å². The molecule has 0 saturated carbocycles. The van der Waals surface area contributed by atoms with Crippen LogP contribution in [0.5, 0.6) is 0 Å². The van der Waals surface area contributed by atoms with Gasteiger partial charge in [-0.1, -0.05) is 41.9 Å². The van der Waals surface area contributed by atoms with E-state index in [0.29, 0.717) is 11.0 Å². The molecule has 0 aliphatic rings. The second-order valence-electron chi connectivity index (χ2n) is 5.35. The van der Waals surface area contributed by atoms with E-state index in [2.05, 4.69) is 56.4 Å². The zero-order chi connectivity index (χ0) is 15.6. The van der Waals surface area contributed by atoms with Crippen molar-refractivity contribution >= 4 is 39.4 Å². The summed E-state index contributed by atoms with van der Waals surface area (Å²) in [5.74, 6) is 0.627. The fourth-order valence-corrected chi connectivity index (χ4v) is 2.92. The van der Waals surface area contributed by atoms with Crippen molar-refractivity contribution in [1.29, 1.82) is 0 Å². The maximum Gasteiger partial charge on any atom is 0.172 e. The number of halogens is 1. The van der Waals surface area contributed by atoms with Crippen molar-refractivity contribution in [3.05, 3.63) is 65.9 Å². The number of anilines is 1. The van der Waals surface area contributed by atoms with Gasteiger partial charge in [-0.05, 0) is 29.7 Å². The molecule has 23 heavy (non-hydrogen) atoms. The Morgan fingerprint density at radius 2 is 1.65 bits per heavy atom. The Kier molecular flexibility index (Phi) is 3.60. The number of nitrogens with zero attached hydrogens (tertiary/aromatic N) is 3. The fraction of sp³-hybridized carbons (Fsp3) is 0.111. The molecule has 4 rings (SSSR count). The van der Waals surface area contributed by atoms with E-state index in [1.54, 1.807) is 0 Å². The second-order valence-corrected chi connectivity index (χ2v) is 5.70. The molecule has 0 fully saturated rings. The third-order valence-corrected chi connectivity index (χ3v) is 4.12. The van der Waals surface area contributed by atoms with Crippen LogP contribution in [0, 0.1) is 0 Å². The predicted octanol–water partition coefficient (Wildman–Crippen LogP) is 4.35. The van der Waals surface area contributed by atoms with Gasteiger partial charge in [0.15, 0.2) is 11.0 Å². The summed E-state index contributed by atoms with van der Waals surface area (Å²) in [6, 6.07) is 18.2. The monoisotopic (exact) mass is 322 g/mol. The molecule has 4 aromatic rings. The summed E-state index contributed by atoms with van der Waals surface area (Å²) < 4.78 is 2.21. The molecule has 0 unspecified atom stereocenters. The maximum atomic E-state index is 6.22. The van der Waals surface area contributed by atoms with Gasteiger partial charge in [0, 0.05) is 24.8 Å². The molecule has 0 amide bonds. The highest BCUT2D eigenvalue weighted by molar-refractivity contribution is 6.32. The Morgan fingerprint density at radius 3 is 2.52 bits per heavy atom. The van der Waals surface area contributed by atoms with Gasteiger partial charge >= 0.3 is 0 Å². The lowest BCUT2D eigenvalue weighted by molar-refractivity contribution is 0.755. The van der Waals surface area contributed by atoms with Crippen LogP contribution in [-0.2, 0) is 6.54 Å². The maximum absolute atomic E-state index is 6.22. The lowest BCUT2D eigenvalue weighted by Crippen LogP contribution is -2.11. The highest BCUT2D eigenvalue weighted by Gasteiger charge is 2.06. The Morgan fingerprint density at radius 1 is 0.913 bits per heavy atom. The minimum Gasteiger partial charge on any atom is -0.366 e. The van der Waals surface area contributed by atoms with Crippen LogP contribution in [0.3, 0.4) is 0 Å². The average molecular weight is 323 g/mol. The largest absolute Gasteiger partial charge is 0.366 e. The summed E-state index contributed by atoms with van der Waals surface area (Å²) in [6.45, 7) is 1.56. The topological polar surface area (TPSA) is 42.7 Å². The third-order valence-electron chi connectivity index (χ3n) is 3.85. The van der Waals surface area contributed by atoms with Crippen LogP contribution in [0.1, 0.15) is 0 Å². The number of hydrogen-bond donors (Lipinski definition) is 1. The lowest BCUT2D eigenvalue weighted by Gasteiger charge is -2.10. The summed E-state index contributed by atoms with van der Waals surface area (Å²) in [4.78, 5) is 8.92. The van der Waals surface area contributed by atoms with Gasteiger partial charge < -0.3 is 9.88 Å². The van der Waals surface area contributed by atoms with Gasteiger partial charge in [0.25, 0.3) is 0 Å². The molecule has 114 valence electrons. The quantitative estimate of drug-likeness (QED) is 0.607. The molecule has 0 atom stereocenters. The van der Waals surface area contributed by atoms with Gasteiger partial charge in [-0.25, -0.2) is 9.97 Å². The molecule has 0 aliphatic carbocycles. The number of rotatable bonds is 4. The van der Waals surface area contributed by atoms with Gasteiger partial charge in [-0.3, -0.25) is 0 Å². The standard InChI is InChI=1S/C18H15ClN4/c19-17-18(22-15-7-3-2-6-14(15)21-17)20-10-12-23-11-9-13-5-1-4-8-16(13)23/h1-9,11H,10,12H2,(H,20,22). The Labute approximate surface area is 138 Å². The number of benzene rings is 2. The molecule has 0 radical (unpaired) electrons. The summed E-state index contributed by atoms with van der Waals surface area (Å²) in [6.07, 6.45) is 2.10. The van der Waals surface area contributed by atoms with Crippen molar-refractivity contribution < 1.29 is 0 Å². The summed E-state index contributed by atoms with van der Waals surface area (Å²) in [5.41, 5.74) is 2.87. The molecule has 0 saturated heterocycles.